The maximum absolute atomic E-state index is 14.1. The Balaban J connectivity index is 1.43. The number of benzene rings is 3. The quantitative estimate of drug-likeness (QED) is 0.0857. The van der Waals surface area contributed by atoms with Gasteiger partial charge in [0.05, 0.1) is 0 Å². The first-order valence-electron chi connectivity index (χ1n) is 21.5. The molecule has 3 aromatic rings. The molecule has 5 rings (SSSR count). The van der Waals surface area contributed by atoms with Crippen molar-refractivity contribution in [1.29, 1.82) is 0 Å². The molecule has 62 heavy (non-hydrogen) atoms. The number of halogens is 1. The van der Waals surface area contributed by atoms with Gasteiger partial charge in [-0.05, 0) is 84.0 Å². The van der Waals surface area contributed by atoms with E-state index in [4.69, 9.17) is 11.5 Å². The monoisotopic (exact) mass is 857 g/mol. The molecule has 334 valence electrons. The average Bonchev–Trinajstić information content (AvgIpc) is 3.91. The number of carbonyl (C=O) groups excluding carboxylic acids is 4. The first-order chi connectivity index (χ1) is 29.6. The highest BCUT2D eigenvalue weighted by Crippen LogP contribution is 2.42. The van der Waals surface area contributed by atoms with Crippen molar-refractivity contribution in [2.24, 2.45) is 23.3 Å². The third-order valence-electron chi connectivity index (χ3n) is 13.0. The van der Waals surface area contributed by atoms with E-state index in [1.54, 1.807) is 36.4 Å². The molecule has 6 amide bonds. The van der Waals surface area contributed by atoms with Gasteiger partial charge >= 0.3 is 12.2 Å². The zero-order valence-electron chi connectivity index (χ0n) is 35.9. The number of carboxylic acid groups (broad SMARTS) is 2. The molecule has 2 saturated heterocycles. The minimum atomic E-state index is -1.48. The van der Waals surface area contributed by atoms with Gasteiger partial charge in [0.1, 0.15) is 29.0 Å². The number of nitrogens with zero attached hydrogens (tertiary/aromatic N) is 3. The lowest BCUT2D eigenvalue weighted by atomic mass is 9.84. The zero-order chi connectivity index (χ0) is 45.4. The largest absolute Gasteiger partial charge is 0.465 e. The molecule has 0 radical (unpaired) electrons. The summed E-state index contributed by atoms with van der Waals surface area (Å²) >= 11 is 0. The topological polar surface area (TPSA) is 229 Å². The van der Waals surface area contributed by atoms with Crippen LogP contribution in [0.15, 0.2) is 72.8 Å². The summed E-state index contributed by atoms with van der Waals surface area (Å²) < 4.78 is 14.1. The minimum Gasteiger partial charge on any atom is -0.465 e. The van der Waals surface area contributed by atoms with Crippen LogP contribution >= 0.6 is 0 Å². The molecule has 0 spiro atoms. The van der Waals surface area contributed by atoms with Gasteiger partial charge in [0.15, 0.2) is 0 Å². The molecule has 16 heteroatoms. The van der Waals surface area contributed by atoms with Crippen molar-refractivity contribution in [2.75, 3.05) is 18.0 Å². The summed E-state index contributed by atoms with van der Waals surface area (Å²) in [5.74, 6) is -3.39. The van der Waals surface area contributed by atoms with Gasteiger partial charge in [-0.1, -0.05) is 102 Å². The van der Waals surface area contributed by atoms with Crippen LogP contribution in [-0.4, -0.2) is 81.0 Å². The van der Waals surface area contributed by atoms with Gasteiger partial charge in [0, 0.05) is 31.9 Å². The number of anilines is 1. The molecule has 2 fully saturated rings. The van der Waals surface area contributed by atoms with Crippen molar-refractivity contribution in [2.45, 2.75) is 115 Å². The third kappa shape index (κ3) is 9.48. The molecule has 8 N–H and O–H groups in total. The minimum absolute atomic E-state index is 0.230. The predicted molar refractivity (Wildman–Crippen MR) is 231 cm³/mol. The van der Waals surface area contributed by atoms with Gasteiger partial charge < -0.3 is 47.0 Å². The summed E-state index contributed by atoms with van der Waals surface area (Å²) in [4.78, 5) is 83.4. The van der Waals surface area contributed by atoms with Crippen molar-refractivity contribution >= 4 is 41.5 Å². The van der Waals surface area contributed by atoms with Crippen molar-refractivity contribution in [1.82, 2.24) is 20.4 Å². The second-order valence-electron chi connectivity index (χ2n) is 16.4. The van der Waals surface area contributed by atoms with E-state index in [0.29, 0.717) is 68.4 Å². The number of nitrogens with one attached hydrogen (secondary N) is 2. The number of carbonyl (C=O) groups is 6. The number of hydrogen-bond acceptors (Lipinski definition) is 7. The number of hydrogen-bond donors (Lipinski definition) is 6. The van der Waals surface area contributed by atoms with Crippen LogP contribution in [-0.2, 0) is 43.3 Å². The van der Waals surface area contributed by atoms with Crippen molar-refractivity contribution in [3.63, 3.8) is 0 Å². The Kier molecular flexibility index (Phi) is 15.2. The second-order valence-corrected chi connectivity index (χ2v) is 16.4. The number of primary amides is 2. The molecule has 4 atom stereocenters. The fraction of sp³-hybridized carbons (Fsp3) is 0.478. The fourth-order valence-corrected chi connectivity index (χ4v) is 9.62. The molecule has 0 aromatic heterocycles. The molecule has 3 aromatic carbocycles. The lowest BCUT2D eigenvalue weighted by Crippen LogP contribution is -2.59. The molecular weight excluding hydrogens is 798 g/mol. The van der Waals surface area contributed by atoms with E-state index in [1.807, 2.05) is 56.9 Å². The predicted octanol–water partition coefficient (Wildman–Crippen LogP) is 5.78. The lowest BCUT2D eigenvalue weighted by Gasteiger charge is -2.39. The normalized spacial score (nSPS) is 19.6. The molecule has 0 aliphatic carbocycles. The zero-order valence-corrected chi connectivity index (χ0v) is 35.9. The maximum Gasteiger partial charge on any atom is 0.405 e. The Labute approximate surface area is 362 Å². The number of rotatable bonds is 19. The highest BCUT2D eigenvalue weighted by molar-refractivity contribution is 5.96. The van der Waals surface area contributed by atoms with E-state index in [2.05, 4.69) is 10.6 Å². The van der Waals surface area contributed by atoms with E-state index in [9.17, 15) is 43.4 Å². The lowest BCUT2D eigenvalue weighted by molar-refractivity contribution is -0.146. The molecule has 2 heterocycles. The Bertz CT molecular complexity index is 1950. The van der Waals surface area contributed by atoms with E-state index >= 15 is 0 Å². The van der Waals surface area contributed by atoms with Gasteiger partial charge in [0.25, 0.3) is 0 Å². The Morgan fingerprint density at radius 3 is 1.29 bits per heavy atom. The van der Waals surface area contributed by atoms with Crippen molar-refractivity contribution in [3.8, 4) is 0 Å². The molecule has 15 nitrogen and oxygen atoms in total. The molecule has 0 unspecified atom stereocenters. The van der Waals surface area contributed by atoms with Crippen LogP contribution in [0.4, 0.5) is 19.7 Å². The van der Waals surface area contributed by atoms with E-state index in [-0.39, 0.29) is 37.8 Å². The number of nitrogens with two attached hydrogens (primary N) is 2. The molecule has 0 saturated carbocycles. The Hall–Kier alpha value is -6.19. The highest BCUT2D eigenvalue weighted by Gasteiger charge is 2.53. The molecule has 2 aliphatic rings. The van der Waals surface area contributed by atoms with Crippen molar-refractivity contribution < 1.29 is 43.4 Å². The van der Waals surface area contributed by atoms with Gasteiger partial charge in [-0.3, -0.25) is 19.2 Å². The summed E-state index contributed by atoms with van der Waals surface area (Å²) in [5, 5.41) is 24.0. The van der Waals surface area contributed by atoms with Gasteiger partial charge in [0.2, 0.25) is 23.6 Å². The van der Waals surface area contributed by atoms with Crippen LogP contribution in [0.1, 0.15) is 101 Å². The first-order valence-corrected chi connectivity index (χ1v) is 21.5. The third-order valence-corrected chi connectivity index (χ3v) is 13.0. The smallest absolute Gasteiger partial charge is 0.405 e. The summed E-state index contributed by atoms with van der Waals surface area (Å²) in [6, 6.07) is 18.3. The molecule has 0 bridgehead atoms. The van der Waals surface area contributed by atoms with Crippen LogP contribution in [0.5, 0.6) is 0 Å². The summed E-state index contributed by atoms with van der Waals surface area (Å²) in [7, 11) is 0. The fourth-order valence-electron chi connectivity index (χ4n) is 9.62. The number of amides is 6. The van der Waals surface area contributed by atoms with Gasteiger partial charge in [-0.2, -0.15) is 0 Å². The Morgan fingerprint density at radius 1 is 0.629 bits per heavy atom. The standard InChI is InChI=1S/C46H60FN7O8/c1-5-31(6-2)37(50-43(59)60)39(55)53-25-9-23-45(53,41(48)57)33-15-11-29(12-16-33)27-52(36-21-19-35(47)20-22-36)28-30-13-17-34(18-14-30)46(42(49)58)24-10-26-54(46)40(56)38(51-44(61)62)32(7-3)8-4/h11-22,31-32,37-38,50-51H,5-10,23-28H2,1-4H3,(H2,48,57)(H2,49,58)(H,59,60)(H,61,62)/t37-,38-,45-,46-/m0/s1. The van der Waals surface area contributed by atoms with E-state index in [0.717, 1.165) is 11.1 Å². The van der Waals surface area contributed by atoms with Crippen LogP contribution in [0, 0.1) is 17.7 Å². The van der Waals surface area contributed by atoms with Crippen molar-refractivity contribution in [3.05, 3.63) is 101 Å². The summed E-state index contributed by atoms with van der Waals surface area (Å²) in [6.45, 7) is 8.66. The van der Waals surface area contributed by atoms with Gasteiger partial charge in [-0.25, -0.2) is 14.0 Å². The van der Waals surface area contributed by atoms with Crippen LogP contribution in [0.3, 0.4) is 0 Å². The van der Waals surface area contributed by atoms with Crippen LogP contribution in [0.2, 0.25) is 0 Å². The maximum atomic E-state index is 14.1. The van der Waals surface area contributed by atoms with Gasteiger partial charge in [-0.15, -0.1) is 0 Å². The van der Waals surface area contributed by atoms with E-state index in [1.165, 1.54) is 21.9 Å². The Morgan fingerprint density at radius 2 is 0.984 bits per heavy atom. The average molecular weight is 858 g/mol. The highest BCUT2D eigenvalue weighted by atomic mass is 19.1. The van der Waals surface area contributed by atoms with Crippen LogP contribution < -0.4 is 27.0 Å². The summed E-state index contributed by atoms with van der Waals surface area (Å²) in [5.41, 5.74) is 12.6. The van der Waals surface area contributed by atoms with Crippen LogP contribution in [0.25, 0.3) is 0 Å². The molecule has 2 aliphatic heterocycles. The second kappa shape index (κ2) is 20.1. The SMILES string of the molecule is CCC(CC)[C@H](NC(=O)O)C(=O)N1CCC[C@@]1(C(N)=O)c1ccc(CN(Cc2ccc([C@]3(C(N)=O)CCCN3C(=O)[C@@H](NC(=O)O)C(CC)CC)cc2)c2ccc(F)cc2)cc1. The molecular formula is C46H60FN7O8. The first kappa shape index (κ1) is 46.9. The van der Waals surface area contributed by atoms with E-state index < -0.39 is 64.8 Å². The number of likely N-dealkylation sites (tertiary alicyclic amines) is 2. The summed E-state index contributed by atoms with van der Waals surface area (Å²) in [6.07, 6.45) is 1.07.